The third kappa shape index (κ3) is 3.97. The van der Waals surface area contributed by atoms with Gasteiger partial charge in [-0.05, 0) is 43.4 Å². The van der Waals surface area contributed by atoms with E-state index in [1.54, 1.807) is 24.2 Å². The van der Waals surface area contributed by atoms with E-state index in [1.165, 1.54) is 10.5 Å². The number of pyridine rings is 1. The van der Waals surface area contributed by atoms with Crippen LogP contribution in [0.15, 0.2) is 53.7 Å². The van der Waals surface area contributed by atoms with Crippen molar-refractivity contribution in [3.8, 4) is 0 Å². The molecule has 24 heavy (non-hydrogen) atoms. The number of benzene rings is 1. The molecule has 3 rings (SSSR count). The van der Waals surface area contributed by atoms with Crippen LogP contribution in [-0.2, 0) is 11.3 Å². The highest BCUT2D eigenvalue weighted by Crippen LogP contribution is 2.40. The second kappa shape index (κ2) is 7.81. The average Bonchev–Trinajstić information content (AvgIpc) is 3.03. The number of carbonyl (C=O) groups excluding carboxylic acids is 1. The van der Waals surface area contributed by atoms with E-state index >= 15 is 0 Å². The first-order valence-electron chi connectivity index (χ1n) is 8.19. The minimum atomic E-state index is -0.0322. The van der Waals surface area contributed by atoms with E-state index in [4.69, 9.17) is 0 Å². The van der Waals surface area contributed by atoms with Crippen LogP contribution in [-0.4, -0.2) is 53.6 Å². The lowest BCUT2D eigenvalue weighted by atomic mass is 9.99. The van der Waals surface area contributed by atoms with Crippen LogP contribution >= 0.6 is 11.8 Å². The van der Waals surface area contributed by atoms with Gasteiger partial charge in [-0.3, -0.25) is 9.78 Å². The molecule has 1 aliphatic rings. The maximum Gasteiger partial charge on any atom is 0.231 e. The quantitative estimate of drug-likeness (QED) is 0.809. The predicted molar refractivity (Wildman–Crippen MR) is 98.1 cm³/mol. The molecule has 4 nitrogen and oxygen atoms in total. The summed E-state index contributed by atoms with van der Waals surface area (Å²) in [7, 11) is 4.08. The Morgan fingerprint density at radius 1 is 1.17 bits per heavy atom. The number of aromatic nitrogens is 1. The summed E-state index contributed by atoms with van der Waals surface area (Å²) in [4.78, 5) is 22.6. The number of carbonyl (C=O) groups is 1. The molecule has 0 unspecified atom stereocenters. The lowest BCUT2D eigenvalue weighted by Gasteiger charge is -2.27. The van der Waals surface area contributed by atoms with Crippen molar-refractivity contribution >= 4 is 17.7 Å². The van der Waals surface area contributed by atoms with Gasteiger partial charge in [-0.25, -0.2) is 0 Å². The highest BCUT2D eigenvalue weighted by molar-refractivity contribution is 7.99. The number of likely N-dealkylation sites (N-methyl/N-ethyl adjacent to an activating group) is 1. The number of fused-ring (bicyclic) bond motifs is 1. The van der Waals surface area contributed by atoms with Crippen molar-refractivity contribution in [2.24, 2.45) is 0 Å². The molecule has 1 amide bonds. The summed E-state index contributed by atoms with van der Waals surface area (Å²) in [5.74, 6) is 1.04. The smallest absolute Gasteiger partial charge is 0.231 e. The molecule has 2 heterocycles. The molecule has 1 aromatic carbocycles. The van der Waals surface area contributed by atoms with Crippen LogP contribution in [0.4, 0.5) is 0 Å². The van der Waals surface area contributed by atoms with Crippen LogP contribution in [0.3, 0.4) is 0 Å². The van der Waals surface area contributed by atoms with E-state index in [1.807, 2.05) is 43.3 Å². The zero-order valence-electron chi connectivity index (χ0n) is 14.2. The summed E-state index contributed by atoms with van der Waals surface area (Å²) in [6.07, 6.45) is 3.56. The maximum atomic E-state index is 13.2. The Kier molecular flexibility index (Phi) is 5.53. The van der Waals surface area contributed by atoms with Crippen molar-refractivity contribution in [1.82, 2.24) is 14.8 Å². The van der Waals surface area contributed by atoms with Crippen LogP contribution in [0.2, 0.25) is 0 Å². The fourth-order valence-electron chi connectivity index (χ4n) is 2.88. The number of rotatable bonds is 6. The first-order chi connectivity index (χ1) is 11.6. The fourth-order valence-corrected chi connectivity index (χ4v) is 4.10. The van der Waals surface area contributed by atoms with Gasteiger partial charge in [-0.2, -0.15) is 0 Å². The SMILES string of the molecule is CN(C)CCN(Cc1ccncc1)C(=O)[C@@H]1CSc2ccccc21. The molecule has 0 bridgehead atoms. The van der Waals surface area contributed by atoms with Gasteiger partial charge in [0.15, 0.2) is 0 Å². The standard InChI is InChI=1S/C19H23N3OS/c1-21(2)11-12-22(13-15-7-9-20-10-8-15)19(23)17-14-24-18-6-4-3-5-16(17)18/h3-10,17H,11-14H2,1-2H3/t17-/m1/s1. The molecule has 126 valence electrons. The molecule has 0 N–H and O–H groups in total. The van der Waals surface area contributed by atoms with E-state index in [0.29, 0.717) is 6.54 Å². The molecule has 0 spiro atoms. The molecule has 0 saturated carbocycles. The fraction of sp³-hybridized carbons (Fsp3) is 0.368. The summed E-state index contributed by atoms with van der Waals surface area (Å²) < 4.78 is 0. The molecule has 1 aliphatic heterocycles. The second-order valence-corrected chi connectivity index (χ2v) is 7.38. The van der Waals surface area contributed by atoms with Crippen molar-refractivity contribution in [3.05, 3.63) is 59.9 Å². The molecular formula is C19H23N3OS. The van der Waals surface area contributed by atoms with E-state index < -0.39 is 0 Å². The molecule has 5 heteroatoms. The zero-order chi connectivity index (χ0) is 16.9. The monoisotopic (exact) mass is 341 g/mol. The van der Waals surface area contributed by atoms with Gasteiger partial charge >= 0.3 is 0 Å². The normalized spacial score (nSPS) is 16.2. The van der Waals surface area contributed by atoms with Crippen LogP contribution < -0.4 is 0 Å². The molecule has 0 aliphatic carbocycles. The molecule has 0 saturated heterocycles. The van der Waals surface area contributed by atoms with Crippen molar-refractivity contribution in [2.45, 2.75) is 17.4 Å². The number of amides is 1. The largest absolute Gasteiger partial charge is 0.337 e. The van der Waals surface area contributed by atoms with Gasteiger partial charge in [0.2, 0.25) is 5.91 Å². The Balaban J connectivity index is 1.78. The number of hydrogen-bond donors (Lipinski definition) is 0. The summed E-state index contributed by atoms with van der Waals surface area (Å²) in [6, 6.07) is 12.2. The van der Waals surface area contributed by atoms with Gasteiger partial charge in [0.1, 0.15) is 0 Å². The molecule has 2 aromatic rings. The molecule has 1 aromatic heterocycles. The Morgan fingerprint density at radius 3 is 2.67 bits per heavy atom. The predicted octanol–water partition coefficient (Wildman–Crippen LogP) is 2.86. The highest BCUT2D eigenvalue weighted by Gasteiger charge is 2.32. The van der Waals surface area contributed by atoms with Gasteiger partial charge in [0.25, 0.3) is 0 Å². The van der Waals surface area contributed by atoms with E-state index in [9.17, 15) is 4.79 Å². The Bertz CT molecular complexity index is 690. The minimum Gasteiger partial charge on any atom is -0.337 e. The first kappa shape index (κ1) is 17.0. The lowest BCUT2D eigenvalue weighted by Crippen LogP contribution is -2.39. The maximum absolute atomic E-state index is 13.2. The first-order valence-corrected chi connectivity index (χ1v) is 9.18. The Hall–Kier alpha value is -1.85. The summed E-state index contributed by atoms with van der Waals surface area (Å²) in [5, 5.41) is 0. The van der Waals surface area contributed by atoms with Crippen molar-refractivity contribution in [1.29, 1.82) is 0 Å². The number of nitrogens with zero attached hydrogens (tertiary/aromatic N) is 3. The van der Waals surface area contributed by atoms with E-state index in [2.05, 4.69) is 22.0 Å². The summed E-state index contributed by atoms with van der Waals surface area (Å²) in [5.41, 5.74) is 2.30. The minimum absolute atomic E-state index is 0.0322. The van der Waals surface area contributed by atoms with Crippen LogP contribution in [0.25, 0.3) is 0 Å². The zero-order valence-corrected chi connectivity index (χ0v) is 15.0. The van der Waals surface area contributed by atoms with Crippen LogP contribution in [0, 0.1) is 0 Å². The van der Waals surface area contributed by atoms with Gasteiger partial charge in [0, 0.05) is 42.7 Å². The Labute approximate surface area is 147 Å². The second-order valence-electron chi connectivity index (χ2n) is 6.32. The van der Waals surface area contributed by atoms with Gasteiger partial charge in [0.05, 0.1) is 5.92 Å². The van der Waals surface area contributed by atoms with Gasteiger partial charge in [-0.1, -0.05) is 18.2 Å². The molecule has 1 atom stereocenters. The van der Waals surface area contributed by atoms with Crippen LogP contribution in [0.1, 0.15) is 17.0 Å². The average molecular weight is 341 g/mol. The summed E-state index contributed by atoms with van der Waals surface area (Å²) >= 11 is 1.78. The molecule has 0 fully saturated rings. The number of thioether (sulfide) groups is 1. The van der Waals surface area contributed by atoms with E-state index in [-0.39, 0.29) is 11.8 Å². The van der Waals surface area contributed by atoms with Crippen molar-refractivity contribution in [2.75, 3.05) is 32.9 Å². The molecular weight excluding hydrogens is 318 g/mol. The van der Waals surface area contributed by atoms with Crippen molar-refractivity contribution < 1.29 is 4.79 Å². The van der Waals surface area contributed by atoms with Gasteiger partial charge < -0.3 is 9.80 Å². The topological polar surface area (TPSA) is 36.4 Å². The lowest BCUT2D eigenvalue weighted by molar-refractivity contribution is -0.133. The van der Waals surface area contributed by atoms with Gasteiger partial charge in [-0.15, -0.1) is 11.8 Å². The van der Waals surface area contributed by atoms with Crippen molar-refractivity contribution in [3.63, 3.8) is 0 Å². The van der Waals surface area contributed by atoms with Crippen LogP contribution in [0.5, 0.6) is 0 Å². The summed E-state index contributed by atoms with van der Waals surface area (Å²) in [6.45, 7) is 2.23. The number of hydrogen-bond acceptors (Lipinski definition) is 4. The Morgan fingerprint density at radius 2 is 1.92 bits per heavy atom. The van der Waals surface area contributed by atoms with E-state index in [0.717, 1.165) is 24.4 Å². The third-order valence-corrected chi connectivity index (χ3v) is 5.43. The third-order valence-electron chi connectivity index (χ3n) is 4.25. The molecule has 0 radical (unpaired) electrons. The highest BCUT2D eigenvalue weighted by atomic mass is 32.2.